The number of nitrogens with one attached hydrogen (secondary N) is 1. The van der Waals surface area contributed by atoms with Gasteiger partial charge in [-0.25, -0.2) is 9.97 Å². The van der Waals surface area contributed by atoms with Gasteiger partial charge in [0.05, 0.1) is 10.7 Å². The van der Waals surface area contributed by atoms with Crippen LogP contribution >= 0.6 is 45.8 Å². The van der Waals surface area contributed by atoms with Crippen LogP contribution in [-0.2, 0) is 0 Å². The van der Waals surface area contributed by atoms with E-state index < -0.39 is 0 Å². The van der Waals surface area contributed by atoms with E-state index >= 15 is 0 Å². The molecule has 0 radical (unpaired) electrons. The van der Waals surface area contributed by atoms with Gasteiger partial charge in [0.15, 0.2) is 11.0 Å². The summed E-state index contributed by atoms with van der Waals surface area (Å²) in [4.78, 5) is 7.99. The third kappa shape index (κ3) is 2.75. The molecule has 16 heavy (non-hydrogen) atoms. The molecule has 0 spiro atoms. The predicted octanol–water partition coefficient (Wildman–Crippen LogP) is 4.13. The number of benzene rings is 1. The van der Waals surface area contributed by atoms with Crippen molar-refractivity contribution in [3.8, 4) is 0 Å². The van der Waals surface area contributed by atoms with E-state index in [0.717, 1.165) is 9.26 Å². The van der Waals surface area contributed by atoms with Gasteiger partial charge in [-0.3, -0.25) is 0 Å². The highest BCUT2D eigenvalue weighted by atomic mass is 127. The van der Waals surface area contributed by atoms with E-state index in [-0.39, 0.29) is 0 Å². The van der Waals surface area contributed by atoms with Crippen molar-refractivity contribution in [3.05, 3.63) is 44.3 Å². The summed E-state index contributed by atoms with van der Waals surface area (Å²) in [6, 6.07) is 5.67. The molecule has 0 saturated carbocycles. The fraction of sp³-hybridized carbons (Fsp3) is 0. The molecular weight excluding hydrogens is 360 g/mol. The first-order valence-electron chi connectivity index (χ1n) is 4.35. The lowest BCUT2D eigenvalue weighted by atomic mass is 10.3. The Labute approximate surface area is 116 Å². The molecule has 2 rings (SSSR count). The monoisotopic (exact) mass is 365 g/mol. The Morgan fingerprint density at radius 2 is 1.88 bits per heavy atom. The molecule has 0 amide bonds. The molecule has 0 bridgehead atoms. The second-order valence-electron chi connectivity index (χ2n) is 2.94. The SMILES string of the molecule is Clc1cc(I)ccc1Nc1nccnc1Cl. The predicted molar refractivity (Wildman–Crippen MR) is 74.5 cm³/mol. The van der Waals surface area contributed by atoms with Crippen molar-refractivity contribution < 1.29 is 0 Å². The molecule has 1 heterocycles. The van der Waals surface area contributed by atoms with Crippen LogP contribution in [0.5, 0.6) is 0 Å². The van der Waals surface area contributed by atoms with E-state index in [1.807, 2.05) is 18.2 Å². The van der Waals surface area contributed by atoms with E-state index in [4.69, 9.17) is 23.2 Å². The lowest BCUT2D eigenvalue weighted by molar-refractivity contribution is 1.20. The Hall–Kier alpha value is -0.590. The van der Waals surface area contributed by atoms with Gasteiger partial charge in [-0.1, -0.05) is 23.2 Å². The Balaban J connectivity index is 2.31. The summed E-state index contributed by atoms with van der Waals surface area (Å²) < 4.78 is 1.07. The Bertz CT molecular complexity index is 519. The van der Waals surface area contributed by atoms with E-state index in [0.29, 0.717) is 16.0 Å². The largest absolute Gasteiger partial charge is 0.336 e. The van der Waals surface area contributed by atoms with Crippen molar-refractivity contribution in [1.29, 1.82) is 0 Å². The van der Waals surface area contributed by atoms with E-state index in [1.165, 1.54) is 6.20 Å². The van der Waals surface area contributed by atoms with Crippen LogP contribution in [0, 0.1) is 3.57 Å². The topological polar surface area (TPSA) is 37.8 Å². The minimum Gasteiger partial charge on any atom is -0.336 e. The fourth-order valence-corrected chi connectivity index (χ4v) is 2.18. The summed E-state index contributed by atoms with van der Waals surface area (Å²) >= 11 is 14.1. The van der Waals surface area contributed by atoms with E-state index in [2.05, 4.69) is 37.9 Å². The first-order chi connectivity index (χ1) is 7.66. The highest BCUT2D eigenvalue weighted by Gasteiger charge is 2.05. The molecule has 0 unspecified atom stereocenters. The summed E-state index contributed by atoms with van der Waals surface area (Å²) in [6.45, 7) is 0. The second-order valence-corrected chi connectivity index (χ2v) is 4.96. The second kappa shape index (κ2) is 5.16. The normalized spacial score (nSPS) is 10.2. The van der Waals surface area contributed by atoms with Crippen LogP contribution in [0.15, 0.2) is 30.6 Å². The zero-order valence-electron chi connectivity index (χ0n) is 7.92. The van der Waals surface area contributed by atoms with Crippen molar-refractivity contribution >= 4 is 57.3 Å². The Morgan fingerprint density at radius 3 is 2.56 bits per heavy atom. The van der Waals surface area contributed by atoms with Gasteiger partial charge in [-0.2, -0.15) is 0 Å². The molecular formula is C10H6Cl2IN3. The molecule has 3 nitrogen and oxygen atoms in total. The lowest BCUT2D eigenvalue weighted by Gasteiger charge is -2.08. The summed E-state index contributed by atoms with van der Waals surface area (Å²) in [5.74, 6) is 0.493. The molecule has 2 aromatic rings. The van der Waals surface area contributed by atoms with Gasteiger partial charge in [0, 0.05) is 16.0 Å². The highest BCUT2D eigenvalue weighted by molar-refractivity contribution is 14.1. The van der Waals surface area contributed by atoms with E-state index in [1.54, 1.807) is 6.20 Å². The minimum atomic E-state index is 0.317. The Kier molecular flexibility index (Phi) is 3.83. The molecule has 1 aromatic carbocycles. The molecule has 0 atom stereocenters. The van der Waals surface area contributed by atoms with Crippen molar-refractivity contribution in [1.82, 2.24) is 9.97 Å². The van der Waals surface area contributed by atoms with Gasteiger partial charge in [-0.05, 0) is 40.8 Å². The van der Waals surface area contributed by atoms with E-state index in [9.17, 15) is 0 Å². The maximum Gasteiger partial charge on any atom is 0.171 e. The van der Waals surface area contributed by atoms with Crippen molar-refractivity contribution in [2.45, 2.75) is 0 Å². The lowest BCUT2D eigenvalue weighted by Crippen LogP contribution is -1.96. The minimum absolute atomic E-state index is 0.317. The first-order valence-corrected chi connectivity index (χ1v) is 6.19. The molecule has 82 valence electrons. The molecule has 0 aliphatic heterocycles. The molecule has 0 aliphatic carbocycles. The average Bonchev–Trinajstić information content (AvgIpc) is 2.25. The maximum absolute atomic E-state index is 6.07. The molecule has 1 N–H and O–H groups in total. The van der Waals surface area contributed by atoms with Crippen LogP contribution in [-0.4, -0.2) is 9.97 Å². The fourth-order valence-electron chi connectivity index (χ4n) is 1.12. The van der Waals surface area contributed by atoms with Crippen molar-refractivity contribution in [3.63, 3.8) is 0 Å². The first kappa shape index (κ1) is 11.9. The number of nitrogens with zero attached hydrogens (tertiary/aromatic N) is 2. The number of anilines is 2. The third-order valence-electron chi connectivity index (χ3n) is 1.84. The van der Waals surface area contributed by atoms with Gasteiger partial charge in [0.1, 0.15) is 0 Å². The van der Waals surface area contributed by atoms with Gasteiger partial charge in [-0.15, -0.1) is 0 Å². The third-order valence-corrected chi connectivity index (χ3v) is 3.10. The zero-order valence-corrected chi connectivity index (χ0v) is 11.6. The number of rotatable bonds is 2. The van der Waals surface area contributed by atoms with Crippen molar-refractivity contribution in [2.75, 3.05) is 5.32 Å². The summed E-state index contributed by atoms with van der Waals surface area (Å²) in [6.07, 6.45) is 3.10. The number of halogens is 3. The zero-order chi connectivity index (χ0) is 11.5. The van der Waals surface area contributed by atoms with Crippen LogP contribution in [0.4, 0.5) is 11.5 Å². The van der Waals surface area contributed by atoms with Crippen LogP contribution in [0.25, 0.3) is 0 Å². The molecule has 0 saturated heterocycles. The van der Waals surface area contributed by atoms with Gasteiger partial charge < -0.3 is 5.32 Å². The molecule has 0 fully saturated rings. The highest BCUT2D eigenvalue weighted by Crippen LogP contribution is 2.28. The molecule has 1 aromatic heterocycles. The van der Waals surface area contributed by atoms with Crippen LogP contribution in [0.2, 0.25) is 10.2 Å². The number of hydrogen-bond acceptors (Lipinski definition) is 3. The summed E-state index contributed by atoms with van der Waals surface area (Å²) in [5, 5.41) is 3.96. The number of aromatic nitrogens is 2. The summed E-state index contributed by atoms with van der Waals surface area (Å²) in [7, 11) is 0. The van der Waals surface area contributed by atoms with Gasteiger partial charge >= 0.3 is 0 Å². The smallest absolute Gasteiger partial charge is 0.171 e. The summed E-state index contributed by atoms with van der Waals surface area (Å²) in [5.41, 5.74) is 0.754. The molecule has 0 aliphatic rings. The Morgan fingerprint density at radius 1 is 1.12 bits per heavy atom. The van der Waals surface area contributed by atoms with Crippen LogP contribution in [0.1, 0.15) is 0 Å². The molecule has 6 heteroatoms. The average molecular weight is 366 g/mol. The van der Waals surface area contributed by atoms with Gasteiger partial charge in [0.25, 0.3) is 0 Å². The number of hydrogen-bond donors (Lipinski definition) is 1. The van der Waals surface area contributed by atoms with Crippen molar-refractivity contribution in [2.24, 2.45) is 0 Å². The maximum atomic E-state index is 6.07. The standard InChI is InChI=1S/C10H6Cl2IN3/c11-7-5-6(13)1-2-8(7)16-10-9(12)14-3-4-15-10/h1-5H,(H,15,16). The van der Waals surface area contributed by atoms with Crippen LogP contribution in [0.3, 0.4) is 0 Å². The quantitative estimate of drug-likeness (QED) is 0.813. The van der Waals surface area contributed by atoms with Crippen LogP contribution < -0.4 is 5.32 Å². The van der Waals surface area contributed by atoms with Gasteiger partial charge in [0.2, 0.25) is 0 Å².